The van der Waals surface area contributed by atoms with E-state index >= 15 is 0 Å². The van der Waals surface area contributed by atoms with Gasteiger partial charge >= 0.3 is 0 Å². The molecule has 3 rings (SSSR count). The first-order valence-corrected chi connectivity index (χ1v) is 8.31. The summed E-state index contributed by atoms with van der Waals surface area (Å²) in [4.78, 5) is 4.51. The first-order chi connectivity index (χ1) is 10.1. The smallest absolute Gasteiger partial charge is 0.183 e. The molecule has 0 aliphatic rings. The van der Waals surface area contributed by atoms with E-state index in [1.165, 1.54) is 0 Å². The van der Waals surface area contributed by atoms with Crippen molar-refractivity contribution in [3.63, 3.8) is 0 Å². The molecule has 0 radical (unpaired) electrons. The van der Waals surface area contributed by atoms with E-state index in [2.05, 4.69) is 10.3 Å². The number of nitrogens with one attached hydrogen (secondary N) is 1. The van der Waals surface area contributed by atoms with Gasteiger partial charge < -0.3 is 5.32 Å². The van der Waals surface area contributed by atoms with Crippen LogP contribution in [0.1, 0.15) is 5.56 Å². The van der Waals surface area contributed by atoms with Crippen LogP contribution in [0.2, 0.25) is 15.1 Å². The maximum absolute atomic E-state index is 6.15. The Hall–Kier alpha value is -1.000. The molecule has 2 aromatic carbocycles. The van der Waals surface area contributed by atoms with Gasteiger partial charge in [0.2, 0.25) is 0 Å². The van der Waals surface area contributed by atoms with Crippen molar-refractivity contribution in [1.82, 2.24) is 4.98 Å². The first-order valence-electron chi connectivity index (χ1n) is 6.36. The van der Waals surface area contributed by atoms with E-state index in [1.807, 2.05) is 30.3 Å². The number of halogens is 3. The summed E-state index contributed by atoms with van der Waals surface area (Å²) in [6, 6.07) is 11.3. The molecule has 1 heterocycles. The van der Waals surface area contributed by atoms with E-state index < -0.39 is 0 Å². The average molecular weight is 358 g/mol. The minimum Gasteiger partial charge on any atom is -0.361 e. The lowest BCUT2D eigenvalue weighted by molar-refractivity contribution is 1.02. The van der Waals surface area contributed by atoms with Crippen molar-refractivity contribution in [2.24, 2.45) is 0 Å². The fourth-order valence-electron chi connectivity index (χ4n) is 2.02. The Bertz CT molecular complexity index is 786. The second-order valence-electron chi connectivity index (χ2n) is 4.52. The van der Waals surface area contributed by atoms with Crippen molar-refractivity contribution in [3.8, 4) is 0 Å². The molecular formula is C15H11Cl3N2S. The molecule has 0 atom stereocenters. The minimum absolute atomic E-state index is 0.650. The molecule has 0 bridgehead atoms. The SMILES string of the molecule is Clc1ccc(CCNc2nc3cccc(Cl)c3s2)c(Cl)c1. The summed E-state index contributed by atoms with van der Waals surface area (Å²) in [6.07, 6.45) is 0.805. The molecule has 1 aromatic heterocycles. The second-order valence-corrected chi connectivity index (χ2v) is 6.77. The number of benzene rings is 2. The standard InChI is InChI=1S/C15H11Cl3N2S/c16-10-5-4-9(12(18)8-10)6-7-19-15-20-13-3-1-2-11(17)14(13)21-15/h1-5,8H,6-7H2,(H,19,20). The van der Waals surface area contributed by atoms with Crippen LogP contribution in [0, 0.1) is 0 Å². The summed E-state index contributed by atoms with van der Waals surface area (Å²) in [6.45, 7) is 0.749. The summed E-state index contributed by atoms with van der Waals surface area (Å²) in [5.41, 5.74) is 1.98. The van der Waals surface area contributed by atoms with Crippen LogP contribution in [-0.4, -0.2) is 11.5 Å². The largest absolute Gasteiger partial charge is 0.361 e. The van der Waals surface area contributed by atoms with Crippen molar-refractivity contribution >= 4 is 61.5 Å². The third kappa shape index (κ3) is 3.43. The molecule has 1 N–H and O–H groups in total. The Morgan fingerprint density at radius 2 is 1.90 bits per heavy atom. The van der Waals surface area contributed by atoms with Gasteiger partial charge in [0.1, 0.15) is 0 Å². The van der Waals surface area contributed by atoms with Crippen LogP contribution in [-0.2, 0) is 6.42 Å². The number of rotatable bonds is 4. The van der Waals surface area contributed by atoms with Crippen molar-refractivity contribution < 1.29 is 0 Å². The molecular weight excluding hydrogens is 347 g/mol. The van der Waals surface area contributed by atoms with Gasteiger partial charge in [-0.15, -0.1) is 0 Å². The van der Waals surface area contributed by atoms with Crippen molar-refractivity contribution in [2.75, 3.05) is 11.9 Å². The number of anilines is 1. The predicted octanol–water partition coefficient (Wildman–Crippen LogP) is 5.91. The topological polar surface area (TPSA) is 24.9 Å². The molecule has 0 spiro atoms. The molecule has 2 nitrogen and oxygen atoms in total. The zero-order chi connectivity index (χ0) is 14.8. The van der Waals surface area contributed by atoms with Crippen molar-refractivity contribution in [3.05, 3.63) is 57.0 Å². The number of hydrogen-bond donors (Lipinski definition) is 1. The Morgan fingerprint density at radius 1 is 1.05 bits per heavy atom. The molecule has 0 aliphatic heterocycles. The third-order valence-electron chi connectivity index (χ3n) is 3.05. The molecule has 0 saturated carbocycles. The number of thiazole rings is 1. The van der Waals surface area contributed by atoms with E-state index in [4.69, 9.17) is 34.8 Å². The Labute approximate surface area is 141 Å². The average Bonchev–Trinajstić information content (AvgIpc) is 2.86. The summed E-state index contributed by atoms with van der Waals surface area (Å²) in [7, 11) is 0. The number of fused-ring (bicyclic) bond motifs is 1. The van der Waals surface area contributed by atoms with E-state index in [-0.39, 0.29) is 0 Å². The fourth-order valence-corrected chi connectivity index (χ4v) is 3.70. The zero-order valence-electron chi connectivity index (χ0n) is 10.9. The van der Waals surface area contributed by atoms with Gasteiger partial charge in [-0.1, -0.05) is 58.3 Å². The van der Waals surface area contributed by atoms with Crippen LogP contribution >= 0.6 is 46.1 Å². The Balaban J connectivity index is 1.68. The van der Waals surface area contributed by atoms with Gasteiger partial charge in [-0.2, -0.15) is 0 Å². The summed E-state index contributed by atoms with van der Waals surface area (Å²) < 4.78 is 1.01. The van der Waals surface area contributed by atoms with Gasteiger partial charge in [0.05, 0.1) is 15.2 Å². The van der Waals surface area contributed by atoms with Crippen LogP contribution in [0.3, 0.4) is 0 Å². The number of aromatic nitrogens is 1. The molecule has 0 fully saturated rings. The molecule has 0 saturated heterocycles. The maximum atomic E-state index is 6.15. The Morgan fingerprint density at radius 3 is 2.67 bits per heavy atom. The molecule has 3 aromatic rings. The van der Waals surface area contributed by atoms with E-state index in [1.54, 1.807) is 17.4 Å². The second kappa shape index (κ2) is 6.41. The maximum Gasteiger partial charge on any atom is 0.183 e. The normalized spacial score (nSPS) is 11.0. The van der Waals surface area contributed by atoms with E-state index in [0.717, 1.165) is 38.9 Å². The summed E-state index contributed by atoms with van der Waals surface area (Å²) in [5.74, 6) is 0. The Kier molecular flexibility index (Phi) is 4.55. The molecule has 108 valence electrons. The highest BCUT2D eigenvalue weighted by Gasteiger charge is 2.07. The lowest BCUT2D eigenvalue weighted by Gasteiger charge is -2.05. The van der Waals surface area contributed by atoms with Crippen LogP contribution in [0.5, 0.6) is 0 Å². The predicted molar refractivity (Wildman–Crippen MR) is 93.3 cm³/mol. The van der Waals surface area contributed by atoms with Crippen molar-refractivity contribution in [2.45, 2.75) is 6.42 Å². The zero-order valence-corrected chi connectivity index (χ0v) is 14.0. The van der Waals surface area contributed by atoms with Gasteiger partial charge in [-0.3, -0.25) is 0 Å². The molecule has 0 unspecified atom stereocenters. The van der Waals surface area contributed by atoms with E-state index in [0.29, 0.717) is 10.0 Å². The summed E-state index contributed by atoms with van der Waals surface area (Å²) in [5, 5.41) is 6.25. The van der Waals surface area contributed by atoms with Gasteiger partial charge in [0.15, 0.2) is 5.13 Å². The fraction of sp³-hybridized carbons (Fsp3) is 0.133. The van der Waals surface area contributed by atoms with Crippen molar-refractivity contribution in [1.29, 1.82) is 0 Å². The molecule has 0 aliphatic carbocycles. The van der Waals surface area contributed by atoms with Crippen LogP contribution in [0.4, 0.5) is 5.13 Å². The quantitative estimate of drug-likeness (QED) is 0.627. The van der Waals surface area contributed by atoms with Crippen LogP contribution in [0.15, 0.2) is 36.4 Å². The molecule has 21 heavy (non-hydrogen) atoms. The van der Waals surface area contributed by atoms with Gasteiger partial charge in [-0.25, -0.2) is 4.98 Å². The first kappa shape index (κ1) is 14.9. The van der Waals surface area contributed by atoms with E-state index in [9.17, 15) is 0 Å². The summed E-state index contributed by atoms with van der Waals surface area (Å²) >= 11 is 19.7. The molecule has 0 amide bonds. The van der Waals surface area contributed by atoms with Gasteiger partial charge in [-0.05, 0) is 36.2 Å². The highest BCUT2D eigenvalue weighted by Crippen LogP contribution is 2.31. The highest BCUT2D eigenvalue weighted by molar-refractivity contribution is 7.22. The lowest BCUT2D eigenvalue weighted by Crippen LogP contribution is -2.04. The van der Waals surface area contributed by atoms with Crippen LogP contribution in [0.25, 0.3) is 10.2 Å². The number of nitrogens with zero attached hydrogens (tertiary/aromatic N) is 1. The van der Waals surface area contributed by atoms with Gasteiger partial charge in [0.25, 0.3) is 0 Å². The van der Waals surface area contributed by atoms with Crippen LogP contribution < -0.4 is 5.32 Å². The minimum atomic E-state index is 0.650. The lowest BCUT2D eigenvalue weighted by atomic mass is 10.1. The molecule has 6 heteroatoms. The number of hydrogen-bond acceptors (Lipinski definition) is 3. The highest BCUT2D eigenvalue weighted by atomic mass is 35.5. The van der Waals surface area contributed by atoms with Gasteiger partial charge in [0, 0.05) is 16.6 Å². The monoisotopic (exact) mass is 356 g/mol. The third-order valence-corrected chi connectivity index (χ3v) is 5.13.